The Hall–Kier alpha value is -3.67. The standard InChI is InChI=1S/C76H132O6/c1-4-7-10-13-16-19-22-25-27-29-30-31-32-33-34-35-36-37-38-39-40-41-42-43-44-45-46-48-49-51-54-57-60-63-66-69-75(78)81-72-73(71-80-74(77)68-65-62-59-56-53-24-21-18-15-12-9-6-3)82-76(79)70-67-64-61-58-55-52-50-47-28-26-23-20-17-14-11-8-5-2/h7,10,16,19,25-28,30-31,33-34,36-37,39-40,73H,4-6,8-9,11-15,17-18,20-24,29,32,35,38,41-72H2,1-3H3/b10-7-,19-16-,27-25-,28-26-,31-30-,34-33-,37-36-,40-39-. The van der Waals surface area contributed by atoms with Gasteiger partial charge < -0.3 is 14.2 Å². The molecule has 0 amide bonds. The summed E-state index contributed by atoms with van der Waals surface area (Å²) in [6.07, 6.45) is 94.3. The molecule has 0 aliphatic heterocycles. The highest BCUT2D eigenvalue weighted by Gasteiger charge is 2.19. The summed E-state index contributed by atoms with van der Waals surface area (Å²) in [5.41, 5.74) is 0. The van der Waals surface area contributed by atoms with E-state index in [0.717, 1.165) is 103 Å². The van der Waals surface area contributed by atoms with Crippen molar-refractivity contribution in [3.8, 4) is 0 Å². The van der Waals surface area contributed by atoms with E-state index in [1.54, 1.807) is 0 Å². The summed E-state index contributed by atoms with van der Waals surface area (Å²) in [7, 11) is 0. The van der Waals surface area contributed by atoms with Gasteiger partial charge in [-0.3, -0.25) is 14.4 Å². The lowest BCUT2D eigenvalue weighted by Crippen LogP contribution is -2.30. The number of ether oxygens (including phenoxy) is 3. The molecule has 0 saturated heterocycles. The number of hydrogen-bond donors (Lipinski definition) is 0. The molecule has 6 heteroatoms. The van der Waals surface area contributed by atoms with E-state index >= 15 is 0 Å². The summed E-state index contributed by atoms with van der Waals surface area (Å²) in [6, 6.07) is 0. The molecule has 0 heterocycles. The summed E-state index contributed by atoms with van der Waals surface area (Å²) in [6.45, 7) is 6.55. The molecule has 0 fully saturated rings. The molecule has 1 atom stereocenters. The topological polar surface area (TPSA) is 78.9 Å². The maximum Gasteiger partial charge on any atom is 0.306 e. The van der Waals surface area contributed by atoms with Crippen molar-refractivity contribution in [2.75, 3.05) is 13.2 Å². The summed E-state index contributed by atoms with van der Waals surface area (Å²) in [5, 5.41) is 0. The fraction of sp³-hybridized carbons (Fsp3) is 0.750. The zero-order chi connectivity index (χ0) is 59.2. The van der Waals surface area contributed by atoms with E-state index in [2.05, 4.69) is 118 Å². The quantitative estimate of drug-likeness (QED) is 0.0261. The van der Waals surface area contributed by atoms with Crippen LogP contribution in [0.1, 0.15) is 348 Å². The largest absolute Gasteiger partial charge is 0.462 e. The van der Waals surface area contributed by atoms with Crippen molar-refractivity contribution in [3.05, 3.63) is 97.2 Å². The Bertz CT molecular complexity index is 1590. The van der Waals surface area contributed by atoms with Gasteiger partial charge in [-0.1, -0.05) is 323 Å². The first-order valence-corrected chi connectivity index (χ1v) is 35.2. The van der Waals surface area contributed by atoms with Gasteiger partial charge >= 0.3 is 17.9 Å². The predicted octanol–water partition coefficient (Wildman–Crippen LogP) is 24.4. The van der Waals surface area contributed by atoms with Crippen LogP contribution in [0.2, 0.25) is 0 Å². The third-order valence-corrected chi connectivity index (χ3v) is 15.3. The van der Waals surface area contributed by atoms with E-state index in [9.17, 15) is 14.4 Å². The molecule has 6 nitrogen and oxygen atoms in total. The molecular weight excluding hydrogens is 1010 g/mol. The van der Waals surface area contributed by atoms with E-state index in [4.69, 9.17) is 14.2 Å². The SMILES string of the molecule is CC/C=C\C/C=C\C/C=C\C/C=C\C/C=C\C/C=C\C/C=C\CCCCCCCCCCCCCCCC(=O)OCC(COC(=O)CCCCCCCCCCCCCC)OC(=O)CCCCCCCCC/C=C\CCCCCCCC. The van der Waals surface area contributed by atoms with Crippen LogP contribution >= 0.6 is 0 Å². The Morgan fingerprint density at radius 1 is 0.256 bits per heavy atom. The number of carbonyl (C=O) groups excluding carboxylic acids is 3. The second-order valence-electron chi connectivity index (χ2n) is 23.4. The van der Waals surface area contributed by atoms with Crippen LogP contribution in [0.4, 0.5) is 0 Å². The van der Waals surface area contributed by atoms with Crippen LogP contribution in [0.25, 0.3) is 0 Å². The van der Waals surface area contributed by atoms with Crippen molar-refractivity contribution in [2.45, 2.75) is 354 Å². The van der Waals surface area contributed by atoms with E-state index in [0.29, 0.717) is 19.3 Å². The first-order chi connectivity index (χ1) is 40.5. The molecule has 0 spiro atoms. The van der Waals surface area contributed by atoms with Crippen molar-refractivity contribution in [2.24, 2.45) is 0 Å². The highest BCUT2D eigenvalue weighted by atomic mass is 16.6. The Morgan fingerprint density at radius 3 is 0.756 bits per heavy atom. The molecule has 0 aromatic carbocycles. The minimum absolute atomic E-state index is 0.0739. The third-order valence-electron chi connectivity index (χ3n) is 15.3. The molecule has 0 aromatic heterocycles. The molecule has 0 saturated carbocycles. The van der Waals surface area contributed by atoms with Gasteiger partial charge in [-0.25, -0.2) is 0 Å². The monoisotopic (exact) mass is 1140 g/mol. The lowest BCUT2D eigenvalue weighted by Gasteiger charge is -2.18. The number of carbonyl (C=O) groups is 3. The van der Waals surface area contributed by atoms with Gasteiger partial charge in [0.25, 0.3) is 0 Å². The minimum Gasteiger partial charge on any atom is -0.462 e. The van der Waals surface area contributed by atoms with E-state index in [1.165, 1.54) is 205 Å². The van der Waals surface area contributed by atoms with Crippen LogP contribution in [0.5, 0.6) is 0 Å². The predicted molar refractivity (Wildman–Crippen MR) is 357 cm³/mol. The average Bonchev–Trinajstić information content (AvgIpc) is 3.47. The van der Waals surface area contributed by atoms with Crippen molar-refractivity contribution < 1.29 is 28.6 Å². The van der Waals surface area contributed by atoms with Crippen LogP contribution in [0.15, 0.2) is 97.2 Å². The lowest BCUT2D eigenvalue weighted by atomic mass is 10.0. The van der Waals surface area contributed by atoms with Crippen molar-refractivity contribution in [1.29, 1.82) is 0 Å². The first-order valence-electron chi connectivity index (χ1n) is 35.2. The summed E-state index contributed by atoms with van der Waals surface area (Å²) in [4.78, 5) is 38.3. The van der Waals surface area contributed by atoms with E-state index < -0.39 is 6.10 Å². The van der Waals surface area contributed by atoms with Gasteiger partial charge in [0.15, 0.2) is 6.10 Å². The summed E-state index contributed by atoms with van der Waals surface area (Å²) >= 11 is 0. The van der Waals surface area contributed by atoms with E-state index in [-0.39, 0.29) is 31.1 Å². The molecule has 472 valence electrons. The molecule has 0 bridgehead atoms. The van der Waals surface area contributed by atoms with Crippen molar-refractivity contribution in [1.82, 2.24) is 0 Å². The Morgan fingerprint density at radius 2 is 0.476 bits per heavy atom. The van der Waals surface area contributed by atoms with Gasteiger partial charge in [0.2, 0.25) is 0 Å². The van der Waals surface area contributed by atoms with E-state index in [1.807, 2.05) is 0 Å². The normalized spacial score (nSPS) is 12.7. The van der Waals surface area contributed by atoms with Gasteiger partial charge in [0.1, 0.15) is 13.2 Å². The highest BCUT2D eigenvalue weighted by molar-refractivity contribution is 5.71. The Kier molecular flexibility index (Phi) is 66.7. The van der Waals surface area contributed by atoms with Crippen molar-refractivity contribution >= 4 is 17.9 Å². The number of esters is 3. The fourth-order valence-corrected chi connectivity index (χ4v) is 10.1. The number of unbranched alkanes of at least 4 members (excludes halogenated alkanes) is 37. The van der Waals surface area contributed by atoms with Crippen LogP contribution in [0, 0.1) is 0 Å². The molecule has 0 N–H and O–H groups in total. The molecule has 1 unspecified atom stereocenters. The maximum absolute atomic E-state index is 12.9. The van der Waals surface area contributed by atoms with Crippen LogP contribution in [0.3, 0.4) is 0 Å². The van der Waals surface area contributed by atoms with Crippen LogP contribution in [-0.4, -0.2) is 37.2 Å². The van der Waals surface area contributed by atoms with Gasteiger partial charge in [-0.2, -0.15) is 0 Å². The number of allylic oxidation sites excluding steroid dienone is 16. The van der Waals surface area contributed by atoms with Gasteiger partial charge in [0, 0.05) is 19.3 Å². The molecular formula is C76H132O6. The van der Waals surface area contributed by atoms with Crippen molar-refractivity contribution in [3.63, 3.8) is 0 Å². The van der Waals surface area contributed by atoms with Gasteiger partial charge in [0.05, 0.1) is 0 Å². The maximum atomic E-state index is 12.9. The lowest BCUT2D eigenvalue weighted by molar-refractivity contribution is -0.167. The Balaban J connectivity index is 4.17. The zero-order valence-electron chi connectivity index (χ0n) is 54.2. The second kappa shape index (κ2) is 69.8. The number of hydrogen-bond acceptors (Lipinski definition) is 6. The van der Waals surface area contributed by atoms with Crippen LogP contribution < -0.4 is 0 Å². The zero-order valence-corrected chi connectivity index (χ0v) is 54.2. The molecule has 0 radical (unpaired) electrons. The first kappa shape index (κ1) is 78.3. The average molecular weight is 1140 g/mol. The van der Waals surface area contributed by atoms with Gasteiger partial charge in [-0.05, 0) is 103 Å². The molecule has 82 heavy (non-hydrogen) atoms. The molecule has 0 aliphatic carbocycles. The summed E-state index contributed by atoms with van der Waals surface area (Å²) in [5.74, 6) is -0.863. The second-order valence-corrected chi connectivity index (χ2v) is 23.4. The number of rotatable bonds is 64. The summed E-state index contributed by atoms with van der Waals surface area (Å²) < 4.78 is 17.0. The third kappa shape index (κ3) is 67.1. The molecule has 0 aromatic rings. The van der Waals surface area contributed by atoms with Crippen LogP contribution in [-0.2, 0) is 28.6 Å². The molecule has 0 rings (SSSR count). The van der Waals surface area contributed by atoms with Gasteiger partial charge in [-0.15, -0.1) is 0 Å². The highest BCUT2D eigenvalue weighted by Crippen LogP contribution is 2.17. The fourth-order valence-electron chi connectivity index (χ4n) is 10.1. The minimum atomic E-state index is -0.778. The molecule has 0 aliphatic rings. The Labute approximate surface area is 508 Å². The smallest absolute Gasteiger partial charge is 0.306 e.